The van der Waals surface area contributed by atoms with Gasteiger partial charge >= 0.3 is 97.8 Å². The first kappa shape index (κ1) is 9.58. The molecule has 0 spiro atoms. The number of fused-ring (bicyclic) bond motifs is 1. The van der Waals surface area contributed by atoms with Crippen molar-refractivity contribution in [1.82, 2.24) is 8.55 Å². The van der Waals surface area contributed by atoms with Crippen LogP contribution in [0.15, 0.2) is 53.5 Å². The van der Waals surface area contributed by atoms with Crippen LogP contribution in [0.2, 0.25) is 0 Å². The molecule has 3 nitrogen and oxygen atoms in total. The molecule has 2 aromatic heterocycles. The van der Waals surface area contributed by atoms with Crippen LogP contribution in [0.25, 0.3) is 15.5 Å². The summed E-state index contributed by atoms with van der Waals surface area (Å²) in [5.74, 6) is 0.740. The summed E-state index contributed by atoms with van der Waals surface area (Å²) in [5.41, 5.74) is 0.0642. The van der Waals surface area contributed by atoms with Gasteiger partial charge in [-0.25, -0.2) is 0 Å². The zero-order valence-electron chi connectivity index (χ0n) is 8.33. The molecular formula is C12H8N2OSe. The second kappa shape index (κ2) is 3.74. The maximum absolute atomic E-state index is 12.1. The van der Waals surface area contributed by atoms with Crippen molar-refractivity contribution in [1.29, 1.82) is 0 Å². The van der Waals surface area contributed by atoms with Crippen molar-refractivity contribution < 1.29 is 0 Å². The Labute approximate surface area is 98.0 Å². The van der Waals surface area contributed by atoms with Crippen molar-refractivity contribution >= 4 is 24.4 Å². The summed E-state index contributed by atoms with van der Waals surface area (Å²) in [6, 6.07) is 13.4. The molecule has 0 unspecified atom stereocenters. The van der Waals surface area contributed by atoms with Gasteiger partial charge in [0.05, 0.1) is 0 Å². The summed E-state index contributed by atoms with van der Waals surface area (Å²) in [5, 5.41) is 0.813. The summed E-state index contributed by atoms with van der Waals surface area (Å²) >= 11 is 0.0159. The normalized spacial score (nSPS) is 10.8. The molecular weight excluding hydrogens is 267 g/mol. The third-order valence-corrected chi connectivity index (χ3v) is 4.63. The molecule has 0 N–H and O–H groups in total. The van der Waals surface area contributed by atoms with Crippen molar-refractivity contribution in [2.45, 2.75) is 0 Å². The van der Waals surface area contributed by atoms with Gasteiger partial charge in [0.1, 0.15) is 0 Å². The number of pyridine rings is 1. The molecule has 2 heterocycles. The Morgan fingerprint density at radius 3 is 2.62 bits per heavy atom. The Kier molecular flexibility index (Phi) is 2.24. The quantitative estimate of drug-likeness (QED) is 0.630. The molecule has 0 radical (unpaired) electrons. The maximum atomic E-state index is 12.1. The number of benzene rings is 1. The van der Waals surface area contributed by atoms with E-state index >= 15 is 0 Å². The Morgan fingerprint density at radius 2 is 1.88 bits per heavy atom. The van der Waals surface area contributed by atoms with Crippen molar-refractivity contribution in [3.05, 3.63) is 59.0 Å². The van der Waals surface area contributed by atoms with Gasteiger partial charge in [0, 0.05) is 0 Å². The summed E-state index contributed by atoms with van der Waals surface area (Å²) in [4.78, 5) is 16.3. The minimum absolute atomic E-state index is 0.0159. The number of hydrogen-bond donors (Lipinski definition) is 0. The Morgan fingerprint density at radius 1 is 1.06 bits per heavy atom. The van der Waals surface area contributed by atoms with Crippen molar-refractivity contribution in [2.75, 3.05) is 0 Å². The predicted octanol–water partition coefficient (Wildman–Crippen LogP) is 1.44. The van der Waals surface area contributed by atoms with Crippen LogP contribution in [-0.4, -0.2) is 23.3 Å². The van der Waals surface area contributed by atoms with E-state index < -0.39 is 0 Å². The van der Waals surface area contributed by atoms with E-state index in [9.17, 15) is 4.79 Å². The molecule has 1 aromatic carbocycles. The third kappa shape index (κ3) is 1.43. The second-order valence-electron chi connectivity index (χ2n) is 3.37. The van der Waals surface area contributed by atoms with Gasteiger partial charge in [-0.3, -0.25) is 0 Å². The second-order valence-corrected chi connectivity index (χ2v) is 5.45. The van der Waals surface area contributed by atoms with Gasteiger partial charge in [-0.2, -0.15) is 0 Å². The molecule has 0 aliphatic heterocycles. The molecule has 0 aliphatic rings. The Bertz CT molecular complexity index is 685. The molecule has 4 heteroatoms. The topological polar surface area (TPSA) is 34.9 Å². The Balaban J connectivity index is 2.34. The van der Waals surface area contributed by atoms with Gasteiger partial charge < -0.3 is 0 Å². The first-order chi connectivity index (χ1) is 7.86. The number of hydrogen-bond acceptors (Lipinski definition) is 2. The van der Waals surface area contributed by atoms with Gasteiger partial charge in [-0.1, -0.05) is 0 Å². The molecule has 78 valence electrons. The van der Waals surface area contributed by atoms with Crippen LogP contribution < -0.4 is 5.56 Å². The number of nitrogens with zero attached hydrogens (tertiary/aromatic N) is 2. The average molecular weight is 275 g/mol. The fourth-order valence-electron chi connectivity index (χ4n) is 1.60. The summed E-state index contributed by atoms with van der Waals surface area (Å²) in [6.45, 7) is 0. The molecule has 0 saturated heterocycles. The van der Waals surface area contributed by atoms with Crippen molar-refractivity contribution in [3.63, 3.8) is 0 Å². The van der Waals surface area contributed by atoms with E-state index in [-0.39, 0.29) is 20.3 Å². The van der Waals surface area contributed by atoms with Gasteiger partial charge in [-0.15, -0.1) is 0 Å². The van der Waals surface area contributed by atoms with E-state index in [1.807, 2.05) is 42.5 Å². The van der Waals surface area contributed by atoms with Crippen LogP contribution in [0.5, 0.6) is 0 Å². The first-order valence-electron chi connectivity index (χ1n) is 4.89. The SMILES string of the molecule is O=c1c2ccccc2[se]n1-c1ccccn1. The summed E-state index contributed by atoms with van der Waals surface area (Å²) in [6.07, 6.45) is 1.71. The van der Waals surface area contributed by atoms with Crippen LogP contribution in [0.1, 0.15) is 0 Å². The number of rotatable bonds is 1. The summed E-state index contributed by atoms with van der Waals surface area (Å²) < 4.78 is 2.89. The molecule has 16 heavy (non-hydrogen) atoms. The van der Waals surface area contributed by atoms with Crippen molar-refractivity contribution in [2.24, 2.45) is 0 Å². The van der Waals surface area contributed by atoms with Crippen LogP contribution in [0.3, 0.4) is 0 Å². The zero-order valence-corrected chi connectivity index (χ0v) is 10.0. The molecule has 3 aromatic rings. The molecule has 0 saturated carbocycles. The van der Waals surface area contributed by atoms with Crippen LogP contribution in [0.4, 0.5) is 0 Å². The van der Waals surface area contributed by atoms with Gasteiger partial charge in [0.25, 0.3) is 0 Å². The fraction of sp³-hybridized carbons (Fsp3) is 0. The van der Waals surface area contributed by atoms with E-state index in [4.69, 9.17) is 0 Å². The van der Waals surface area contributed by atoms with Gasteiger partial charge in [0.2, 0.25) is 0 Å². The average Bonchev–Trinajstić information content (AvgIpc) is 2.69. The van der Waals surface area contributed by atoms with E-state index in [0.717, 1.165) is 15.5 Å². The van der Waals surface area contributed by atoms with Gasteiger partial charge in [-0.05, 0) is 0 Å². The molecule has 0 amide bonds. The molecule has 3 rings (SSSR count). The monoisotopic (exact) mass is 276 g/mol. The van der Waals surface area contributed by atoms with Crippen LogP contribution in [-0.2, 0) is 0 Å². The molecule has 0 fully saturated rings. The van der Waals surface area contributed by atoms with E-state index in [1.165, 1.54) is 0 Å². The molecule has 0 aliphatic carbocycles. The molecule has 0 bridgehead atoms. The standard InChI is InChI=1S/C12H8N2OSe/c15-12-9-5-1-2-6-10(9)16-14(12)11-7-3-4-8-13-11/h1-8H. The van der Waals surface area contributed by atoms with Crippen molar-refractivity contribution in [3.8, 4) is 5.82 Å². The fourth-order valence-corrected chi connectivity index (χ4v) is 3.64. The van der Waals surface area contributed by atoms with Crippen LogP contribution >= 0.6 is 0 Å². The molecule has 0 atom stereocenters. The minimum atomic E-state index is 0.0159. The van der Waals surface area contributed by atoms with E-state index in [1.54, 1.807) is 9.76 Å². The Hall–Kier alpha value is -1.64. The number of aromatic nitrogens is 2. The van der Waals surface area contributed by atoms with E-state index in [2.05, 4.69) is 4.98 Å². The third-order valence-electron chi connectivity index (χ3n) is 2.35. The van der Waals surface area contributed by atoms with Crippen LogP contribution in [0, 0.1) is 0 Å². The van der Waals surface area contributed by atoms with E-state index in [0.29, 0.717) is 0 Å². The predicted molar refractivity (Wildman–Crippen MR) is 64.3 cm³/mol. The van der Waals surface area contributed by atoms with Gasteiger partial charge in [0.15, 0.2) is 0 Å². The first-order valence-corrected chi connectivity index (χ1v) is 6.51. The zero-order chi connectivity index (χ0) is 11.0. The summed E-state index contributed by atoms with van der Waals surface area (Å²) in [7, 11) is 0.